The third-order valence-corrected chi connectivity index (χ3v) is 19.9. The zero-order valence-corrected chi connectivity index (χ0v) is 39.4. The summed E-state index contributed by atoms with van der Waals surface area (Å²) in [6.45, 7) is 4.73. The second-order valence-corrected chi connectivity index (χ2v) is 22.9. The lowest BCUT2D eigenvalue weighted by Crippen LogP contribution is -2.75. The van der Waals surface area contributed by atoms with Crippen LogP contribution < -0.4 is 30.5 Å². The Hall–Kier alpha value is -7.76. The number of benzene rings is 10. The van der Waals surface area contributed by atoms with Gasteiger partial charge in [-0.2, -0.15) is 0 Å². The molecule has 67 heavy (non-hydrogen) atoms. The largest absolute Gasteiger partial charge is 0.311 e. The van der Waals surface area contributed by atoms with Crippen LogP contribution in [-0.4, -0.2) is 8.07 Å². The standard InChI is InChI=1S/C63H48N2SSi/c1-63(2)57-34-17-15-32-53(57)54-40-38-48(43-58(54)63)64(45-22-7-3-8-23-45)47-26-21-31-52(42-47)67(50-27-11-5-12-28-50,51-29-13-6-14-30-51)62-37-20-18-35-59(62)65(46-24-9-4-10-25-46)49-39-41-56-55-33-16-19-36-60(55)66-61(56)44-49/h3-44H,1-2H3. The number of anilines is 6. The fourth-order valence-electron chi connectivity index (χ4n) is 10.9. The van der Waals surface area contributed by atoms with Gasteiger partial charge in [0.25, 0.3) is 0 Å². The number of para-hydroxylation sites is 3. The summed E-state index contributed by atoms with van der Waals surface area (Å²) in [5.41, 5.74) is 12.0. The van der Waals surface area contributed by atoms with Crippen molar-refractivity contribution in [1.82, 2.24) is 0 Å². The van der Waals surface area contributed by atoms with E-state index < -0.39 is 8.07 Å². The van der Waals surface area contributed by atoms with Gasteiger partial charge in [0, 0.05) is 59.7 Å². The average molecular weight is 893 g/mol. The molecule has 1 aromatic heterocycles. The molecule has 0 amide bonds. The third kappa shape index (κ3) is 6.75. The molecule has 12 rings (SSSR count). The Labute approximate surface area is 398 Å². The fraction of sp³-hybridized carbons (Fsp3) is 0.0476. The van der Waals surface area contributed by atoms with Gasteiger partial charge in [0.05, 0.1) is 0 Å². The molecule has 0 bridgehead atoms. The zero-order valence-electron chi connectivity index (χ0n) is 37.6. The van der Waals surface area contributed by atoms with E-state index in [-0.39, 0.29) is 5.41 Å². The minimum atomic E-state index is -3.18. The highest BCUT2D eigenvalue weighted by atomic mass is 32.1. The molecular formula is C63H48N2SSi. The highest BCUT2D eigenvalue weighted by Crippen LogP contribution is 2.50. The molecule has 0 spiro atoms. The topological polar surface area (TPSA) is 6.48 Å². The van der Waals surface area contributed by atoms with Gasteiger partial charge in [-0.15, -0.1) is 11.3 Å². The van der Waals surface area contributed by atoms with Gasteiger partial charge in [0.15, 0.2) is 8.07 Å². The maximum Gasteiger partial charge on any atom is 0.181 e. The van der Waals surface area contributed by atoms with Crippen LogP contribution in [0.1, 0.15) is 25.0 Å². The fourth-order valence-corrected chi connectivity index (χ4v) is 17.0. The molecule has 1 aliphatic rings. The Bertz CT molecular complexity index is 3530. The third-order valence-electron chi connectivity index (χ3n) is 14.0. The van der Waals surface area contributed by atoms with Gasteiger partial charge >= 0.3 is 0 Å². The molecule has 0 radical (unpaired) electrons. The molecule has 1 aliphatic carbocycles. The Balaban J connectivity index is 1.11. The SMILES string of the molecule is CC1(C)c2ccccc2-c2ccc(N(c3ccccc3)c3cccc([Si](c4ccccc4)(c4ccccc4)c4ccccc4N(c4ccccc4)c4ccc5c(c4)sc4ccccc45)c3)cc21. The molecule has 0 unspecified atom stereocenters. The first-order valence-corrected chi connectivity index (χ1v) is 26.0. The molecule has 0 fully saturated rings. The molecule has 0 saturated carbocycles. The molecule has 11 aromatic rings. The molecule has 1 heterocycles. The monoisotopic (exact) mass is 892 g/mol. The minimum Gasteiger partial charge on any atom is -0.311 e. The lowest BCUT2D eigenvalue weighted by molar-refractivity contribution is 0.660. The average Bonchev–Trinajstić information content (AvgIpc) is 3.87. The van der Waals surface area contributed by atoms with E-state index in [9.17, 15) is 0 Å². The highest BCUT2D eigenvalue weighted by molar-refractivity contribution is 7.25. The maximum absolute atomic E-state index is 3.18. The van der Waals surface area contributed by atoms with Gasteiger partial charge < -0.3 is 9.80 Å². The number of nitrogens with zero attached hydrogens (tertiary/aromatic N) is 2. The summed E-state index contributed by atoms with van der Waals surface area (Å²) in [6.07, 6.45) is 0. The lowest BCUT2D eigenvalue weighted by atomic mass is 9.82. The smallest absolute Gasteiger partial charge is 0.181 e. The Morgan fingerprint density at radius 1 is 0.343 bits per heavy atom. The Morgan fingerprint density at radius 3 is 1.58 bits per heavy atom. The van der Waals surface area contributed by atoms with Crippen LogP contribution in [0.2, 0.25) is 0 Å². The number of hydrogen-bond acceptors (Lipinski definition) is 3. The van der Waals surface area contributed by atoms with Gasteiger partial charge in [-0.1, -0.05) is 196 Å². The lowest BCUT2D eigenvalue weighted by Gasteiger charge is -2.39. The first kappa shape index (κ1) is 40.7. The van der Waals surface area contributed by atoms with Gasteiger partial charge in [-0.05, 0) is 116 Å². The van der Waals surface area contributed by atoms with Gasteiger partial charge in [0.2, 0.25) is 0 Å². The number of rotatable bonds is 10. The normalized spacial score (nSPS) is 12.7. The predicted molar refractivity (Wildman–Crippen MR) is 290 cm³/mol. The predicted octanol–water partition coefficient (Wildman–Crippen LogP) is 14.7. The molecule has 0 saturated heterocycles. The van der Waals surface area contributed by atoms with E-state index >= 15 is 0 Å². The summed E-state index contributed by atoms with van der Waals surface area (Å²) in [5, 5.41) is 7.85. The summed E-state index contributed by atoms with van der Waals surface area (Å²) in [6, 6.07) is 94.9. The zero-order chi connectivity index (χ0) is 45.0. The van der Waals surface area contributed by atoms with Crippen LogP contribution >= 0.6 is 11.3 Å². The first-order valence-electron chi connectivity index (χ1n) is 23.2. The van der Waals surface area contributed by atoms with E-state index in [1.807, 2.05) is 11.3 Å². The summed E-state index contributed by atoms with van der Waals surface area (Å²) < 4.78 is 2.58. The van der Waals surface area contributed by atoms with Crippen molar-refractivity contribution in [1.29, 1.82) is 0 Å². The van der Waals surface area contributed by atoms with Crippen molar-refractivity contribution in [2.24, 2.45) is 0 Å². The van der Waals surface area contributed by atoms with Crippen LogP contribution in [-0.2, 0) is 5.41 Å². The Kier molecular flexibility index (Phi) is 10.1. The quantitative estimate of drug-likeness (QED) is 0.0997. The van der Waals surface area contributed by atoms with E-state index in [1.165, 1.54) is 68.9 Å². The molecular weight excluding hydrogens is 845 g/mol. The molecule has 4 heteroatoms. The summed E-state index contributed by atoms with van der Waals surface area (Å²) in [7, 11) is -3.18. The molecule has 10 aromatic carbocycles. The second kappa shape index (κ2) is 16.6. The van der Waals surface area contributed by atoms with Crippen molar-refractivity contribution in [2.75, 3.05) is 9.80 Å². The van der Waals surface area contributed by atoms with Crippen molar-refractivity contribution >= 4 is 94.5 Å². The Morgan fingerprint density at radius 2 is 0.851 bits per heavy atom. The van der Waals surface area contributed by atoms with E-state index in [0.717, 1.165) is 28.4 Å². The number of hydrogen-bond donors (Lipinski definition) is 0. The van der Waals surface area contributed by atoms with Crippen LogP contribution in [0.3, 0.4) is 0 Å². The van der Waals surface area contributed by atoms with Crippen molar-refractivity contribution in [2.45, 2.75) is 19.3 Å². The molecule has 0 aliphatic heterocycles. The van der Waals surface area contributed by atoms with E-state index in [2.05, 4.69) is 278 Å². The number of thiophene rings is 1. The van der Waals surface area contributed by atoms with Crippen LogP contribution in [0, 0.1) is 0 Å². The van der Waals surface area contributed by atoms with Gasteiger partial charge in [0.1, 0.15) is 0 Å². The van der Waals surface area contributed by atoms with E-state index in [0.29, 0.717) is 0 Å². The second-order valence-electron chi connectivity index (χ2n) is 18.1. The van der Waals surface area contributed by atoms with Crippen LogP contribution in [0.5, 0.6) is 0 Å². The van der Waals surface area contributed by atoms with Crippen molar-refractivity contribution in [3.63, 3.8) is 0 Å². The van der Waals surface area contributed by atoms with E-state index in [1.54, 1.807) is 0 Å². The van der Waals surface area contributed by atoms with Gasteiger partial charge in [-0.3, -0.25) is 0 Å². The summed E-state index contributed by atoms with van der Waals surface area (Å²) in [5.74, 6) is 0. The molecule has 320 valence electrons. The van der Waals surface area contributed by atoms with Crippen molar-refractivity contribution in [3.05, 3.63) is 266 Å². The van der Waals surface area contributed by atoms with Crippen LogP contribution in [0.25, 0.3) is 31.3 Å². The summed E-state index contributed by atoms with van der Waals surface area (Å²) in [4.78, 5) is 4.96. The van der Waals surface area contributed by atoms with Crippen LogP contribution in [0.15, 0.2) is 255 Å². The van der Waals surface area contributed by atoms with Gasteiger partial charge in [-0.25, -0.2) is 0 Å². The van der Waals surface area contributed by atoms with Crippen LogP contribution in [0.4, 0.5) is 34.1 Å². The first-order chi connectivity index (χ1) is 33.0. The number of fused-ring (bicyclic) bond motifs is 6. The van der Waals surface area contributed by atoms with Crippen molar-refractivity contribution in [3.8, 4) is 11.1 Å². The highest BCUT2D eigenvalue weighted by Gasteiger charge is 2.44. The molecule has 0 N–H and O–H groups in total. The van der Waals surface area contributed by atoms with E-state index in [4.69, 9.17) is 0 Å². The molecule has 2 nitrogen and oxygen atoms in total. The maximum atomic E-state index is 2.50. The minimum absolute atomic E-state index is 0.134. The summed E-state index contributed by atoms with van der Waals surface area (Å²) >= 11 is 1.87. The molecule has 0 atom stereocenters. The van der Waals surface area contributed by atoms with Crippen molar-refractivity contribution < 1.29 is 0 Å².